The highest BCUT2D eigenvalue weighted by atomic mass is 19.4. The Morgan fingerprint density at radius 2 is 2.08 bits per heavy atom. The fraction of sp³-hybridized carbons (Fsp3) is 0.357. The Morgan fingerprint density at radius 1 is 1.36 bits per heavy atom. The molecule has 0 spiro atoms. The second-order valence-corrected chi connectivity index (χ2v) is 5.36. The lowest BCUT2D eigenvalue weighted by molar-refractivity contribution is -0.138. The van der Waals surface area contributed by atoms with Gasteiger partial charge in [-0.25, -0.2) is 9.67 Å². The number of hydrogen-bond acceptors (Lipinski definition) is 5. The van der Waals surface area contributed by atoms with Crippen LogP contribution in [0.3, 0.4) is 0 Å². The SMILES string of the molecule is CC(CNC(=O)c1cn(-c2ccc(C(F)(F)F)cn2)nn1)CC(=O)O. The molecule has 0 bridgehead atoms. The summed E-state index contributed by atoms with van der Waals surface area (Å²) in [5.74, 6) is -1.75. The van der Waals surface area contributed by atoms with Gasteiger partial charge in [0.2, 0.25) is 0 Å². The van der Waals surface area contributed by atoms with Crippen LogP contribution < -0.4 is 5.32 Å². The van der Waals surface area contributed by atoms with E-state index < -0.39 is 23.6 Å². The first kappa shape index (κ1) is 18.4. The standard InChI is InChI=1S/C14H14F3N5O3/c1-8(4-12(23)24)5-19-13(25)10-7-22(21-20-10)11-3-2-9(6-18-11)14(15,16)17/h2-3,6-8H,4-5H2,1H3,(H,19,25)(H,23,24). The van der Waals surface area contributed by atoms with Crippen molar-refractivity contribution in [2.24, 2.45) is 5.92 Å². The Labute approximate surface area is 139 Å². The molecule has 0 radical (unpaired) electrons. The molecule has 2 aromatic rings. The van der Waals surface area contributed by atoms with Gasteiger partial charge < -0.3 is 10.4 Å². The number of carbonyl (C=O) groups is 2. The molecular weight excluding hydrogens is 343 g/mol. The van der Waals surface area contributed by atoms with Gasteiger partial charge in [0.15, 0.2) is 11.5 Å². The van der Waals surface area contributed by atoms with E-state index >= 15 is 0 Å². The molecule has 0 saturated heterocycles. The first-order valence-electron chi connectivity index (χ1n) is 7.13. The van der Waals surface area contributed by atoms with Crippen molar-refractivity contribution < 1.29 is 27.9 Å². The normalized spacial score (nSPS) is 12.6. The Hall–Kier alpha value is -2.98. The molecule has 0 aliphatic heterocycles. The molecule has 0 fully saturated rings. The molecule has 0 aliphatic carbocycles. The third-order valence-corrected chi connectivity index (χ3v) is 3.17. The number of aromatic nitrogens is 4. The monoisotopic (exact) mass is 357 g/mol. The lowest BCUT2D eigenvalue weighted by atomic mass is 10.1. The van der Waals surface area contributed by atoms with E-state index in [4.69, 9.17) is 5.11 Å². The summed E-state index contributed by atoms with van der Waals surface area (Å²) in [7, 11) is 0. The number of rotatable bonds is 6. The second kappa shape index (κ2) is 7.28. The summed E-state index contributed by atoms with van der Waals surface area (Å²) in [6, 6.07) is 1.95. The minimum Gasteiger partial charge on any atom is -0.481 e. The number of amides is 1. The Morgan fingerprint density at radius 3 is 2.64 bits per heavy atom. The Balaban J connectivity index is 2.02. The molecule has 0 aromatic carbocycles. The highest BCUT2D eigenvalue weighted by Gasteiger charge is 2.30. The number of aliphatic carboxylic acids is 1. The molecule has 2 N–H and O–H groups in total. The van der Waals surface area contributed by atoms with Crippen molar-refractivity contribution in [2.75, 3.05) is 6.54 Å². The first-order chi connectivity index (χ1) is 11.7. The van der Waals surface area contributed by atoms with E-state index in [1.54, 1.807) is 6.92 Å². The molecule has 134 valence electrons. The van der Waals surface area contributed by atoms with Gasteiger partial charge in [0, 0.05) is 19.2 Å². The Bertz CT molecular complexity index is 758. The largest absolute Gasteiger partial charge is 0.481 e. The van der Waals surface area contributed by atoms with Crippen LogP contribution in [-0.2, 0) is 11.0 Å². The van der Waals surface area contributed by atoms with Gasteiger partial charge in [0.1, 0.15) is 0 Å². The van der Waals surface area contributed by atoms with Crippen LogP contribution in [0.15, 0.2) is 24.5 Å². The lowest BCUT2D eigenvalue weighted by Crippen LogP contribution is -2.29. The molecule has 25 heavy (non-hydrogen) atoms. The zero-order chi connectivity index (χ0) is 18.6. The summed E-state index contributed by atoms with van der Waals surface area (Å²) in [6.45, 7) is 1.80. The average Bonchev–Trinajstić information content (AvgIpc) is 3.01. The topological polar surface area (TPSA) is 110 Å². The summed E-state index contributed by atoms with van der Waals surface area (Å²) < 4.78 is 38.6. The van der Waals surface area contributed by atoms with E-state index in [0.29, 0.717) is 6.20 Å². The van der Waals surface area contributed by atoms with E-state index in [1.807, 2.05) is 0 Å². The van der Waals surface area contributed by atoms with Gasteiger partial charge in [-0.1, -0.05) is 12.1 Å². The number of hydrogen-bond donors (Lipinski definition) is 2. The van der Waals surface area contributed by atoms with Crippen molar-refractivity contribution in [1.29, 1.82) is 0 Å². The predicted molar refractivity (Wildman–Crippen MR) is 77.9 cm³/mol. The quantitative estimate of drug-likeness (QED) is 0.811. The van der Waals surface area contributed by atoms with Crippen LogP contribution in [0.1, 0.15) is 29.4 Å². The van der Waals surface area contributed by atoms with Crippen molar-refractivity contribution in [3.63, 3.8) is 0 Å². The van der Waals surface area contributed by atoms with Crippen LogP contribution in [0, 0.1) is 5.92 Å². The molecule has 2 aromatic heterocycles. The van der Waals surface area contributed by atoms with E-state index in [2.05, 4.69) is 20.6 Å². The van der Waals surface area contributed by atoms with Crippen LogP contribution in [0.4, 0.5) is 13.2 Å². The number of pyridine rings is 1. The van der Waals surface area contributed by atoms with Crippen molar-refractivity contribution in [2.45, 2.75) is 19.5 Å². The number of carbonyl (C=O) groups excluding carboxylic acids is 1. The van der Waals surface area contributed by atoms with Crippen molar-refractivity contribution in [3.8, 4) is 5.82 Å². The maximum absolute atomic E-state index is 12.5. The third kappa shape index (κ3) is 4.99. The van der Waals surface area contributed by atoms with E-state index in [1.165, 1.54) is 6.20 Å². The summed E-state index contributed by atoms with van der Waals surface area (Å²) in [4.78, 5) is 26.1. The van der Waals surface area contributed by atoms with Crippen LogP contribution in [-0.4, -0.2) is 43.5 Å². The van der Waals surface area contributed by atoms with Gasteiger partial charge >= 0.3 is 12.1 Å². The zero-order valence-corrected chi connectivity index (χ0v) is 13.0. The first-order valence-corrected chi connectivity index (χ1v) is 7.13. The van der Waals surface area contributed by atoms with E-state index in [9.17, 15) is 22.8 Å². The molecular formula is C14H14F3N5O3. The molecule has 0 aliphatic rings. The minimum absolute atomic E-state index is 0.0655. The highest BCUT2D eigenvalue weighted by Crippen LogP contribution is 2.28. The van der Waals surface area contributed by atoms with Crippen molar-refractivity contribution >= 4 is 11.9 Å². The lowest BCUT2D eigenvalue weighted by Gasteiger charge is -2.08. The average molecular weight is 357 g/mol. The van der Waals surface area contributed by atoms with Crippen molar-refractivity contribution in [3.05, 3.63) is 35.8 Å². The molecule has 0 saturated carbocycles. The van der Waals surface area contributed by atoms with Crippen LogP contribution >= 0.6 is 0 Å². The van der Waals surface area contributed by atoms with E-state index in [-0.39, 0.29) is 30.4 Å². The van der Waals surface area contributed by atoms with Gasteiger partial charge in [0.05, 0.1) is 11.8 Å². The molecule has 2 rings (SSSR count). The minimum atomic E-state index is -4.49. The summed E-state index contributed by atoms with van der Waals surface area (Å²) in [5, 5.41) is 18.4. The maximum Gasteiger partial charge on any atom is 0.417 e. The Kier molecular flexibility index (Phi) is 5.35. The number of alkyl halides is 3. The molecule has 1 unspecified atom stereocenters. The number of carboxylic acids is 1. The van der Waals surface area contributed by atoms with Gasteiger partial charge in [-0.3, -0.25) is 9.59 Å². The molecule has 1 amide bonds. The van der Waals surface area contributed by atoms with E-state index in [0.717, 1.165) is 16.8 Å². The highest BCUT2D eigenvalue weighted by molar-refractivity contribution is 5.91. The molecule has 8 nitrogen and oxygen atoms in total. The number of carboxylic acid groups (broad SMARTS) is 1. The molecule has 11 heteroatoms. The fourth-order valence-corrected chi connectivity index (χ4v) is 1.90. The summed E-state index contributed by atoms with van der Waals surface area (Å²) >= 11 is 0. The second-order valence-electron chi connectivity index (χ2n) is 5.36. The zero-order valence-electron chi connectivity index (χ0n) is 13.0. The van der Waals surface area contributed by atoms with Crippen LogP contribution in [0.5, 0.6) is 0 Å². The third-order valence-electron chi connectivity index (χ3n) is 3.17. The molecule has 1 atom stereocenters. The van der Waals surface area contributed by atoms with Crippen molar-refractivity contribution in [1.82, 2.24) is 25.3 Å². The fourth-order valence-electron chi connectivity index (χ4n) is 1.90. The van der Waals surface area contributed by atoms with Gasteiger partial charge in [-0.2, -0.15) is 13.2 Å². The smallest absolute Gasteiger partial charge is 0.417 e. The van der Waals surface area contributed by atoms with Crippen LogP contribution in [0.25, 0.3) is 5.82 Å². The summed E-state index contributed by atoms with van der Waals surface area (Å²) in [5.41, 5.74) is -0.967. The van der Waals surface area contributed by atoms with Gasteiger partial charge in [-0.15, -0.1) is 5.10 Å². The van der Waals surface area contributed by atoms with Gasteiger partial charge in [-0.05, 0) is 18.1 Å². The van der Waals surface area contributed by atoms with Gasteiger partial charge in [0.25, 0.3) is 5.91 Å². The number of halogens is 3. The molecule has 2 heterocycles. The number of nitrogens with one attached hydrogen (secondary N) is 1. The summed E-state index contributed by atoms with van der Waals surface area (Å²) in [6.07, 6.45) is -2.72. The predicted octanol–water partition coefficient (Wildman–Crippen LogP) is 1.52. The maximum atomic E-state index is 12.5. The number of nitrogens with zero attached hydrogens (tertiary/aromatic N) is 4. The van der Waals surface area contributed by atoms with Crippen LogP contribution in [0.2, 0.25) is 0 Å².